The van der Waals surface area contributed by atoms with E-state index in [2.05, 4.69) is 9.88 Å². The molecule has 0 bridgehead atoms. The highest BCUT2D eigenvalue weighted by Gasteiger charge is 2.30. The summed E-state index contributed by atoms with van der Waals surface area (Å²) in [6.07, 6.45) is 4.69. The van der Waals surface area contributed by atoms with Crippen LogP contribution < -0.4 is 0 Å². The number of hydrogen-bond donors (Lipinski definition) is 1. The fourth-order valence-electron chi connectivity index (χ4n) is 3.24. The minimum absolute atomic E-state index is 0.0801. The summed E-state index contributed by atoms with van der Waals surface area (Å²) in [7, 11) is 0. The Balaban J connectivity index is 1.89. The van der Waals surface area contributed by atoms with Crippen molar-refractivity contribution in [2.45, 2.75) is 18.9 Å². The van der Waals surface area contributed by atoms with Gasteiger partial charge in [0.1, 0.15) is 5.82 Å². The van der Waals surface area contributed by atoms with Gasteiger partial charge in [-0.2, -0.15) is 0 Å². The van der Waals surface area contributed by atoms with Gasteiger partial charge in [0.15, 0.2) is 0 Å². The van der Waals surface area contributed by atoms with Crippen molar-refractivity contribution in [2.75, 3.05) is 13.1 Å². The molecule has 1 aliphatic heterocycles. The molecule has 0 spiro atoms. The van der Waals surface area contributed by atoms with Gasteiger partial charge in [0.2, 0.25) is 0 Å². The van der Waals surface area contributed by atoms with Gasteiger partial charge >= 0.3 is 5.97 Å². The third-order valence-corrected chi connectivity index (χ3v) is 4.43. The third-order valence-electron chi connectivity index (χ3n) is 4.43. The van der Waals surface area contributed by atoms with Crippen LogP contribution in [0.25, 0.3) is 0 Å². The maximum absolute atomic E-state index is 13.7. The van der Waals surface area contributed by atoms with Gasteiger partial charge in [0.05, 0.1) is 12.0 Å². The molecule has 0 amide bonds. The van der Waals surface area contributed by atoms with Crippen LogP contribution >= 0.6 is 0 Å². The highest BCUT2D eigenvalue weighted by molar-refractivity contribution is 5.70. The number of benzene rings is 1. The summed E-state index contributed by atoms with van der Waals surface area (Å²) in [5.74, 6) is -1.27. The maximum atomic E-state index is 13.7. The molecular weight excluding hydrogens is 295 g/mol. The highest BCUT2D eigenvalue weighted by atomic mass is 19.1. The van der Waals surface area contributed by atoms with Gasteiger partial charge in [0, 0.05) is 12.4 Å². The Bertz CT molecular complexity index is 670. The number of halogens is 1. The molecule has 1 N–H and O–H groups in total. The first-order chi connectivity index (χ1) is 11.1. The van der Waals surface area contributed by atoms with Crippen LogP contribution in [0.2, 0.25) is 0 Å². The Morgan fingerprint density at radius 1 is 1.17 bits per heavy atom. The first kappa shape index (κ1) is 15.6. The smallest absolute Gasteiger partial charge is 0.306 e. The predicted molar refractivity (Wildman–Crippen MR) is 84.4 cm³/mol. The molecule has 120 valence electrons. The van der Waals surface area contributed by atoms with Crippen molar-refractivity contribution >= 4 is 5.97 Å². The average molecular weight is 314 g/mol. The number of likely N-dealkylation sites (tertiary alicyclic amines) is 1. The lowest BCUT2D eigenvalue weighted by Gasteiger charge is -2.37. The minimum atomic E-state index is -0.726. The molecule has 1 aromatic heterocycles. The Kier molecular flexibility index (Phi) is 4.67. The molecule has 2 aromatic rings. The van der Waals surface area contributed by atoms with Gasteiger partial charge in [-0.1, -0.05) is 12.1 Å². The number of aliphatic carboxylic acids is 1. The molecule has 3 rings (SSSR count). The van der Waals surface area contributed by atoms with E-state index in [-0.39, 0.29) is 17.8 Å². The molecule has 1 unspecified atom stereocenters. The second-order valence-corrected chi connectivity index (χ2v) is 5.89. The fraction of sp³-hybridized carbons (Fsp3) is 0.333. The Hall–Kier alpha value is -2.27. The lowest BCUT2D eigenvalue weighted by Crippen LogP contribution is -2.39. The molecule has 0 aliphatic carbocycles. The van der Waals surface area contributed by atoms with Crippen molar-refractivity contribution in [2.24, 2.45) is 5.92 Å². The molecule has 5 heteroatoms. The van der Waals surface area contributed by atoms with E-state index in [1.807, 2.05) is 18.2 Å². The molecule has 1 atom stereocenters. The van der Waals surface area contributed by atoms with Gasteiger partial charge in [-0.15, -0.1) is 0 Å². The molecule has 2 heterocycles. The van der Waals surface area contributed by atoms with E-state index in [1.54, 1.807) is 24.5 Å². The molecule has 1 saturated heterocycles. The van der Waals surface area contributed by atoms with Crippen LogP contribution in [0.3, 0.4) is 0 Å². The number of carbonyl (C=O) groups is 1. The molecule has 1 aliphatic rings. The van der Waals surface area contributed by atoms with Gasteiger partial charge < -0.3 is 5.11 Å². The van der Waals surface area contributed by atoms with Crippen molar-refractivity contribution in [1.29, 1.82) is 0 Å². The summed E-state index contributed by atoms with van der Waals surface area (Å²) in [4.78, 5) is 17.4. The highest BCUT2D eigenvalue weighted by Crippen LogP contribution is 2.32. The van der Waals surface area contributed by atoms with E-state index in [0.29, 0.717) is 25.9 Å². The maximum Gasteiger partial charge on any atom is 0.306 e. The fourth-order valence-corrected chi connectivity index (χ4v) is 3.24. The van der Waals surface area contributed by atoms with Crippen LogP contribution in [0, 0.1) is 11.7 Å². The second kappa shape index (κ2) is 6.87. The van der Waals surface area contributed by atoms with Crippen molar-refractivity contribution < 1.29 is 14.3 Å². The Morgan fingerprint density at radius 2 is 1.87 bits per heavy atom. The second-order valence-electron chi connectivity index (χ2n) is 5.89. The molecule has 0 saturated carbocycles. The van der Waals surface area contributed by atoms with E-state index >= 15 is 0 Å². The van der Waals surface area contributed by atoms with E-state index in [0.717, 1.165) is 11.1 Å². The molecule has 0 radical (unpaired) electrons. The topological polar surface area (TPSA) is 53.4 Å². The van der Waals surface area contributed by atoms with E-state index in [1.165, 1.54) is 6.07 Å². The number of nitrogens with zero attached hydrogens (tertiary/aromatic N) is 2. The number of carboxylic acid groups (broad SMARTS) is 1. The van der Waals surface area contributed by atoms with Crippen LogP contribution in [0.1, 0.15) is 30.0 Å². The van der Waals surface area contributed by atoms with Gasteiger partial charge in [-0.25, -0.2) is 4.39 Å². The SMILES string of the molecule is O=C(O)C1CCN(C(c2ccncc2)c2cccc(F)c2)CC1. The summed E-state index contributed by atoms with van der Waals surface area (Å²) in [5.41, 5.74) is 1.92. The molecule has 4 nitrogen and oxygen atoms in total. The normalized spacial score (nSPS) is 17.8. The number of piperidine rings is 1. The zero-order valence-electron chi connectivity index (χ0n) is 12.7. The number of aromatic nitrogens is 1. The first-order valence-electron chi connectivity index (χ1n) is 7.77. The van der Waals surface area contributed by atoms with Crippen LogP contribution in [0.4, 0.5) is 4.39 Å². The lowest BCUT2D eigenvalue weighted by molar-refractivity contribution is -0.143. The monoisotopic (exact) mass is 314 g/mol. The number of rotatable bonds is 4. The van der Waals surface area contributed by atoms with Crippen molar-refractivity contribution in [1.82, 2.24) is 9.88 Å². The standard InChI is InChI=1S/C18H19FN2O2/c19-16-3-1-2-15(12-16)17(13-4-8-20-9-5-13)21-10-6-14(7-11-21)18(22)23/h1-5,8-9,12,14,17H,6-7,10-11H2,(H,22,23). The largest absolute Gasteiger partial charge is 0.481 e. The van der Waals surface area contributed by atoms with Crippen molar-refractivity contribution in [3.63, 3.8) is 0 Å². The van der Waals surface area contributed by atoms with Crippen LogP contribution in [0.5, 0.6) is 0 Å². The first-order valence-corrected chi connectivity index (χ1v) is 7.77. The van der Waals surface area contributed by atoms with Crippen LogP contribution in [0.15, 0.2) is 48.8 Å². The third kappa shape index (κ3) is 3.56. The summed E-state index contributed by atoms with van der Waals surface area (Å²) in [6.45, 7) is 1.36. The molecule has 1 aromatic carbocycles. The zero-order valence-corrected chi connectivity index (χ0v) is 12.7. The lowest BCUT2D eigenvalue weighted by atomic mass is 9.91. The van der Waals surface area contributed by atoms with E-state index in [9.17, 15) is 9.18 Å². The summed E-state index contributed by atoms with van der Waals surface area (Å²) < 4.78 is 13.7. The molecule has 1 fully saturated rings. The minimum Gasteiger partial charge on any atom is -0.481 e. The summed E-state index contributed by atoms with van der Waals surface area (Å²) in [6, 6.07) is 10.4. The summed E-state index contributed by atoms with van der Waals surface area (Å²) in [5, 5.41) is 9.16. The molecule has 23 heavy (non-hydrogen) atoms. The summed E-state index contributed by atoms with van der Waals surface area (Å²) >= 11 is 0. The van der Waals surface area contributed by atoms with Gasteiger partial charge in [0.25, 0.3) is 0 Å². The average Bonchev–Trinajstić information content (AvgIpc) is 2.57. The number of pyridine rings is 1. The Morgan fingerprint density at radius 3 is 2.48 bits per heavy atom. The van der Waals surface area contributed by atoms with Crippen molar-refractivity contribution in [3.8, 4) is 0 Å². The van der Waals surface area contributed by atoms with Crippen LogP contribution in [-0.2, 0) is 4.79 Å². The number of hydrogen-bond acceptors (Lipinski definition) is 3. The van der Waals surface area contributed by atoms with Crippen LogP contribution in [-0.4, -0.2) is 34.0 Å². The number of carboxylic acids is 1. The molecular formula is C18H19FN2O2. The van der Waals surface area contributed by atoms with Gasteiger partial charge in [-0.3, -0.25) is 14.7 Å². The quantitative estimate of drug-likeness (QED) is 0.942. The van der Waals surface area contributed by atoms with E-state index in [4.69, 9.17) is 5.11 Å². The zero-order chi connectivity index (χ0) is 16.2. The Labute approximate surface area is 134 Å². The predicted octanol–water partition coefficient (Wildman–Crippen LogP) is 3.11. The van der Waals surface area contributed by atoms with Crippen molar-refractivity contribution in [3.05, 3.63) is 65.7 Å². The van der Waals surface area contributed by atoms with E-state index < -0.39 is 5.97 Å². The van der Waals surface area contributed by atoms with Gasteiger partial charge in [-0.05, 0) is 61.3 Å².